The number of morpholine rings is 1. The fourth-order valence-corrected chi connectivity index (χ4v) is 3.36. The van der Waals surface area contributed by atoms with Gasteiger partial charge in [0.2, 0.25) is 5.91 Å². The highest BCUT2D eigenvalue weighted by Crippen LogP contribution is 2.29. The molecule has 0 spiro atoms. The van der Waals surface area contributed by atoms with E-state index in [1.165, 1.54) is 24.3 Å². The van der Waals surface area contributed by atoms with E-state index >= 15 is 0 Å². The number of amides is 1. The van der Waals surface area contributed by atoms with Gasteiger partial charge in [0.25, 0.3) is 0 Å². The van der Waals surface area contributed by atoms with Crippen molar-refractivity contribution in [2.24, 2.45) is 0 Å². The van der Waals surface area contributed by atoms with Gasteiger partial charge in [0.05, 0.1) is 24.8 Å². The molecule has 0 aliphatic carbocycles. The van der Waals surface area contributed by atoms with Gasteiger partial charge in [-0.05, 0) is 47.9 Å². The molecule has 1 N–H and O–H groups in total. The number of alkyl halides is 3. The standard InChI is InChI=1S/C23H25F3N2O2/c1-2-21(18-4-3-5-20(16-18)28-12-14-30-15-13-28)27-22(29)11-8-17-6-9-19(10-7-17)23(24,25)26/h3-11,16,21H,2,12-15H2,1H3,(H,27,29)/b11-8+. The second-order valence-electron chi connectivity index (χ2n) is 7.12. The highest BCUT2D eigenvalue weighted by atomic mass is 19.4. The number of carbonyl (C=O) groups excluding carboxylic acids is 1. The zero-order valence-electron chi connectivity index (χ0n) is 16.8. The molecule has 0 radical (unpaired) electrons. The van der Waals surface area contributed by atoms with Crippen molar-refractivity contribution in [3.8, 4) is 0 Å². The lowest BCUT2D eigenvalue weighted by atomic mass is 10.0. The topological polar surface area (TPSA) is 41.6 Å². The molecule has 0 aromatic heterocycles. The Hall–Kier alpha value is -2.80. The summed E-state index contributed by atoms with van der Waals surface area (Å²) in [6, 6.07) is 12.6. The Balaban J connectivity index is 1.64. The summed E-state index contributed by atoms with van der Waals surface area (Å²) in [5.41, 5.74) is 1.93. The van der Waals surface area contributed by atoms with Crippen LogP contribution in [-0.4, -0.2) is 32.2 Å². The Morgan fingerprint density at radius 3 is 2.50 bits per heavy atom. The molecule has 1 aliphatic rings. The van der Waals surface area contributed by atoms with E-state index in [0.29, 0.717) is 25.2 Å². The number of anilines is 1. The van der Waals surface area contributed by atoms with E-state index in [-0.39, 0.29) is 11.9 Å². The number of carbonyl (C=O) groups is 1. The third-order valence-corrected chi connectivity index (χ3v) is 5.04. The summed E-state index contributed by atoms with van der Waals surface area (Å²) >= 11 is 0. The Morgan fingerprint density at radius 2 is 1.87 bits per heavy atom. The van der Waals surface area contributed by atoms with E-state index in [1.54, 1.807) is 0 Å². The molecule has 1 heterocycles. The number of nitrogens with one attached hydrogen (secondary N) is 1. The maximum atomic E-state index is 12.6. The molecule has 2 aromatic rings. The first kappa shape index (κ1) is 21.9. The minimum Gasteiger partial charge on any atom is -0.378 e. The molecule has 0 bridgehead atoms. The number of benzene rings is 2. The zero-order valence-corrected chi connectivity index (χ0v) is 16.8. The molecule has 160 valence electrons. The Morgan fingerprint density at radius 1 is 1.17 bits per heavy atom. The van der Waals surface area contributed by atoms with Gasteiger partial charge in [-0.3, -0.25) is 4.79 Å². The van der Waals surface area contributed by atoms with Crippen LogP contribution in [0.4, 0.5) is 18.9 Å². The lowest BCUT2D eigenvalue weighted by Gasteiger charge is -2.29. The van der Waals surface area contributed by atoms with Crippen LogP contribution >= 0.6 is 0 Å². The van der Waals surface area contributed by atoms with Crippen molar-refractivity contribution in [3.63, 3.8) is 0 Å². The maximum absolute atomic E-state index is 12.6. The van der Waals surface area contributed by atoms with Crippen molar-refractivity contribution in [2.75, 3.05) is 31.2 Å². The van der Waals surface area contributed by atoms with Gasteiger partial charge in [-0.1, -0.05) is 31.2 Å². The van der Waals surface area contributed by atoms with Crippen LogP contribution < -0.4 is 10.2 Å². The van der Waals surface area contributed by atoms with Crippen molar-refractivity contribution in [1.29, 1.82) is 0 Å². The normalized spacial score (nSPS) is 15.9. The average Bonchev–Trinajstić information content (AvgIpc) is 2.76. The van der Waals surface area contributed by atoms with Crippen molar-refractivity contribution < 1.29 is 22.7 Å². The van der Waals surface area contributed by atoms with Gasteiger partial charge in [-0.25, -0.2) is 0 Å². The summed E-state index contributed by atoms with van der Waals surface area (Å²) in [7, 11) is 0. The lowest BCUT2D eigenvalue weighted by Crippen LogP contribution is -2.36. The van der Waals surface area contributed by atoms with Gasteiger partial charge >= 0.3 is 6.18 Å². The molecule has 3 rings (SSSR count). The molecular weight excluding hydrogens is 393 g/mol. The van der Waals surface area contributed by atoms with Crippen LogP contribution in [0.3, 0.4) is 0 Å². The largest absolute Gasteiger partial charge is 0.416 e. The van der Waals surface area contributed by atoms with Crippen LogP contribution in [0.1, 0.15) is 36.1 Å². The Kier molecular flexibility index (Phi) is 7.15. The molecule has 2 aromatic carbocycles. The minimum atomic E-state index is -4.37. The van der Waals surface area contributed by atoms with Crippen LogP contribution in [0.25, 0.3) is 6.08 Å². The summed E-state index contributed by atoms with van der Waals surface area (Å²) < 4.78 is 43.3. The van der Waals surface area contributed by atoms with Crippen LogP contribution in [0.5, 0.6) is 0 Å². The molecule has 0 saturated carbocycles. The Labute approximate surface area is 174 Å². The quantitative estimate of drug-likeness (QED) is 0.684. The summed E-state index contributed by atoms with van der Waals surface area (Å²) in [6.07, 6.45) is -0.806. The highest BCUT2D eigenvalue weighted by molar-refractivity contribution is 5.92. The molecular formula is C23H25F3N2O2. The summed E-state index contributed by atoms with van der Waals surface area (Å²) in [5, 5.41) is 2.97. The number of hydrogen-bond donors (Lipinski definition) is 1. The number of halogens is 3. The number of rotatable bonds is 6. The van der Waals surface area contributed by atoms with Gasteiger partial charge < -0.3 is 15.0 Å². The van der Waals surface area contributed by atoms with Crippen molar-refractivity contribution in [1.82, 2.24) is 5.32 Å². The Bertz CT molecular complexity index is 873. The van der Waals surface area contributed by atoms with Crippen molar-refractivity contribution in [2.45, 2.75) is 25.6 Å². The van der Waals surface area contributed by atoms with Gasteiger partial charge in [0.1, 0.15) is 0 Å². The first-order valence-corrected chi connectivity index (χ1v) is 9.95. The monoisotopic (exact) mass is 418 g/mol. The molecule has 1 aliphatic heterocycles. The SMILES string of the molecule is CCC(NC(=O)/C=C/c1ccc(C(F)(F)F)cc1)c1cccc(N2CCOCC2)c1. The molecule has 1 amide bonds. The van der Waals surface area contributed by atoms with Gasteiger partial charge in [-0.2, -0.15) is 13.2 Å². The molecule has 1 atom stereocenters. The first-order chi connectivity index (χ1) is 14.4. The molecule has 30 heavy (non-hydrogen) atoms. The number of hydrogen-bond acceptors (Lipinski definition) is 3. The smallest absolute Gasteiger partial charge is 0.378 e. The third kappa shape index (κ3) is 5.86. The molecule has 4 nitrogen and oxygen atoms in total. The van der Waals surface area contributed by atoms with E-state index in [1.807, 2.05) is 25.1 Å². The van der Waals surface area contributed by atoms with E-state index in [9.17, 15) is 18.0 Å². The predicted molar refractivity (Wildman–Crippen MR) is 111 cm³/mol. The lowest BCUT2D eigenvalue weighted by molar-refractivity contribution is -0.137. The van der Waals surface area contributed by atoms with E-state index < -0.39 is 11.7 Å². The zero-order chi connectivity index (χ0) is 21.6. The van der Waals surface area contributed by atoms with Crippen LogP contribution in [0.15, 0.2) is 54.6 Å². The summed E-state index contributed by atoms with van der Waals surface area (Å²) in [6.45, 7) is 5.07. The molecule has 1 fully saturated rings. The summed E-state index contributed by atoms with van der Waals surface area (Å²) in [4.78, 5) is 14.6. The van der Waals surface area contributed by atoms with Gasteiger partial charge in [0.15, 0.2) is 0 Å². The molecule has 7 heteroatoms. The van der Waals surface area contributed by atoms with Crippen LogP contribution in [0, 0.1) is 0 Å². The maximum Gasteiger partial charge on any atom is 0.416 e. The molecule has 1 saturated heterocycles. The number of nitrogens with zero attached hydrogens (tertiary/aromatic N) is 1. The fraction of sp³-hybridized carbons (Fsp3) is 0.348. The van der Waals surface area contributed by atoms with Crippen molar-refractivity contribution in [3.05, 3.63) is 71.3 Å². The van der Waals surface area contributed by atoms with E-state index in [0.717, 1.165) is 36.5 Å². The molecule has 1 unspecified atom stereocenters. The predicted octanol–water partition coefficient (Wildman–Crippen LogP) is 4.82. The van der Waals surface area contributed by atoms with Gasteiger partial charge in [0, 0.05) is 24.9 Å². The highest BCUT2D eigenvalue weighted by Gasteiger charge is 2.29. The third-order valence-electron chi connectivity index (χ3n) is 5.04. The van der Waals surface area contributed by atoms with E-state index in [2.05, 4.69) is 16.3 Å². The first-order valence-electron chi connectivity index (χ1n) is 9.95. The number of ether oxygens (including phenoxy) is 1. The fourth-order valence-electron chi connectivity index (χ4n) is 3.36. The van der Waals surface area contributed by atoms with E-state index in [4.69, 9.17) is 4.74 Å². The van der Waals surface area contributed by atoms with Crippen LogP contribution in [-0.2, 0) is 15.7 Å². The van der Waals surface area contributed by atoms with Crippen LogP contribution in [0.2, 0.25) is 0 Å². The second kappa shape index (κ2) is 9.80. The second-order valence-corrected chi connectivity index (χ2v) is 7.12. The minimum absolute atomic E-state index is 0.157. The van der Waals surface area contributed by atoms with Crippen molar-refractivity contribution >= 4 is 17.7 Å². The summed E-state index contributed by atoms with van der Waals surface area (Å²) in [5.74, 6) is -0.293. The average molecular weight is 418 g/mol. The van der Waals surface area contributed by atoms with Gasteiger partial charge in [-0.15, -0.1) is 0 Å².